The lowest BCUT2D eigenvalue weighted by atomic mass is 9.94. The molecule has 2 aromatic carbocycles. The molecule has 1 aromatic heterocycles. The summed E-state index contributed by atoms with van der Waals surface area (Å²) in [6.45, 7) is 5.48. The molecule has 0 bridgehead atoms. The number of nitrogens with one attached hydrogen (secondary N) is 1. The smallest absolute Gasteiger partial charge is 0.350 e. The normalized spacial score (nSPS) is 14.7. The summed E-state index contributed by atoms with van der Waals surface area (Å²) in [7, 11) is 0. The number of aromatic nitrogens is 2. The number of alkyl halides is 3. The molecule has 3 aromatic rings. The van der Waals surface area contributed by atoms with Crippen LogP contribution in [0.2, 0.25) is 0 Å². The number of para-hydroxylation sites is 1. The predicted molar refractivity (Wildman–Crippen MR) is 115 cm³/mol. The number of benzene rings is 2. The Morgan fingerprint density at radius 3 is 2.42 bits per heavy atom. The van der Waals surface area contributed by atoms with Gasteiger partial charge in [-0.1, -0.05) is 36.4 Å². The summed E-state index contributed by atoms with van der Waals surface area (Å²) in [6.07, 6.45) is -3.21. The van der Waals surface area contributed by atoms with Crippen LogP contribution < -0.4 is 5.32 Å². The number of halogens is 4. The lowest BCUT2D eigenvalue weighted by molar-refractivity contribution is -0.143. The van der Waals surface area contributed by atoms with Crippen molar-refractivity contribution < 1.29 is 22.4 Å². The molecule has 1 aliphatic rings. The van der Waals surface area contributed by atoms with Crippen LogP contribution in [0.15, 0.2) is 54.7 Å². The summed E-state index contributed by atoms with van der Waals surface area (Å²) in [4.78, 5) is 15.0. The van der Waals surface area contributed by atoms with E-state index in [9.17, 15) is 22.4 Å². The van der Waals surface area contributed by atoms with E-state index in [0.29, 0.717) is 11.2 Å². The Labute approximate surface area is 189 Å². The molecule has 0 unspecified atom stereocenters. The van der Waals surface area contributed by atoms with Crippen LogP contribution >= 0.6 is 0 Å². The molecule has 5 nitrogen and oxygen atoms in total. The van der Waals surface area contributed by atoms with Gasteiger partial charge in [-0.05, 0) is 43.5 Å². The highest BCUT2D eigenvalue weighted by molar-refractivity contribution is 5.95. The van der Waals surface area contributed by atoms with Crippen LogP contribution in [0.1, 0.15) is 41.0 Å². The van der Waals surface area contributed by atoms with E-state index in [1.807, 2.05) is 26.0 Å². The molecule has 33 heavy (non-hydrogen) atoms. The summed E-state index contributed by atoms with van der Waals surface area (Å²) in [6, 6.07) is 13.1. The highest BCUT2D eigenvalue weighted by Crippen LogP contribution is 2.34. The Balaban J connectivity index is 1.54. The molecule has 1 amide bonds. The first kappa shape index (κ1) is 23.0. The standard InChI is InChI=1S/C24H24F4N4O/c1-23(2,31-12-11-16-7-3-4-8-17(16)14-31)15-29-22(33)18-13-30-32(21(18)24(26,27)28)20-10-6-5-9-19(20)25/h3-10,13H,11-12,14-15H2,1-2H3,(H,29,33). The fraction of sp³-hybridized carbons (Fsp3) is 0.333. The molecular formula is C24H24F4N4O. The molecule has 0 saturated heterocycles. The van der Waals surface area contributed by atoms with Gasteiger partial charge in [-0.15, -0.1) is 0 Å². The van der Waals surface area contributed by atoms with Gasteiger partial charge >= 0.3 is 6.18 Å². The minimum absolute atomic E-state index is 0.135. The maximum Gasteiger partial charge on any atom is 0.434 e. The Bertz CT molecular complexity index is 1170. The van der Waals surface area contributed by atoms with Crippen molar-refractivity contribution >= 4 is 5.91 Å². The largest absolute Gasteiger partial charge is 0.434 e. The number of hydrogen-bond acceptors (Lipinski definition) is 3. The van der Waals surface area contributed by atoms with Crippen molar-refractivity contribution in [3.8, 4) is 5.69 Å². The van der Waals surface area contributed by atoms with Crippen LogP contribution in [0.3, 0.4) is 0 Å². The van der Waals surface area contributed by atoms with Crippen molar-refractivity contribution in [2.24, 2.45) is 0 Å². The van der Waals surface area contributed by atoms with Gasteiger partial charge in [0.1, 0.15) is 11.5 Å². The third-order valence-electron chi connectivity index (χ3n) is 6.03. The monoisotopic (exact) mass is 460 g/mol. The lowest BCUT2D eigenvalue weighted by Crippen LogP contribution is -2.53. The highest BCUT2D eigenvalue weighted by atomic mass is 19.4. The van der Waals surface area contributed by atoms with Gasteiger partial charge in [-0.3, -0.25) is 9.69 Å². The van der Waals surface area contributed by atoms with Gasteiger partial charge in [0.2, 0.25) is 0 Å². The van der Waals surface area contributed by atoms with E-state index in [0.717, 1.165) is 25.2 Å². The van der Waals surface area contributed by atoms with E-state index >= 15 is 0 Å². The number of hydrogen-bond donors (Lipinski definition) is 1. The zero-order valence-electron chi connectivity index (χ0n) is 18.3. The first-order chi connectivity index (χ1) is 15.6. The minimum Gasteiger partial charge on any atom is -0.350 e. The number of carbonyl (C=O) groups excluding carboxylic acids is 1. The average molecular weight is 460 g/mol. The minimum atomic E-state index is -4.91. The Hall–Kier alpha value is -3.20. The Kier molecular flexibility index (Phi) is 6.00. The van der Waals surface area contributed by atoms with Crippen LogP contribution in [-0.2, 0) is 19.1 Å². The third kappa shape index (κ3) is 4.64. The van der Waals surface area contributed by atoms with Crippen molar-refractivity contribution in [3.05, 3.63) is 82.9 Å². The van der Waals surface area contributed by atoms with Crippen LogP contribution in [0.5, 0.6) is 0 Å². The summed E-state index contributed by atoms with van der Waals surface area (Å²) in [5.41, 5.74) is -0.350. The van der Waals surface area contributed by atoms with Crippen molar-refractivity contribution in [2.75, 3.05) is 13.1 Å². The summed E-state index contributed by atoms with van der Waals surface area (Å²) in [5.74, 6) is -1.78. The zero-order chi connectivity index (χ0) is 23.8. The van der Waals surface area contributed by atoms with Crippen molar-refractivity contribution in [3.63, 3.8) is 0 Å². The van der Waals surface area contributed by atoms with E-state index in [2.05, 4.69) is 27.4 Å². The molecule has 0 aliphatic carbocycles. The van der Waals surface area contributed by atoms with Crippen molar-refractivity contribution in [1.29, 1.82) is 0 Å². The Morgan fingerprint density at radius 2 is 1.73 bits per heavy atom. The van der Waals surface area contributed by atoms with Crippen LogP contribution in [0, 0.1) is 5.82 Å². The summed E-state index contributed by atoms with van der Waals surface area (Å²) < 4.78 is 56.1. The maximum atomic E-state index is 14.1. The molecule has 2 heterocycles. The molecule has 4 rings (SSSR count). The molecule has 9 heteroatoms. The van der Waals surface area contributed by atoms with Gasteiger partial charge in [-0.2, -0.15) is 18.3 Å². The van der Waals surface area contributed by atoms with Crippen LogP contribution in [0.25, 0.3) is 5.69 Å². The second kappa shape index (κ2) is 8.62. The van der Waals surface area contributed by atoms with E-state index in [4.69, 9.17) is 0 Å². The molecule has 0 atom stereocenters. The van der Waals surface area contributed by atoms with Gasteiger partial charge in [0.25, 0.3) is 5.91 Å². The number of nitrogens with zero attached hydrogens (tertiary/aromatic N) is 3. The van der Waals surface area contributed by atoms with Crippen LogP contribution in [-0.4, -0.2) is 39.2 Å². The van der Waals surface area contributed by atoms with Gasteiger partial charge < -0.3 is 5.32 Å². The van der Waals surface area contributed by atoms with E-state index < -0.39 is 34.7 Å². The van der Waals surface area contributed by atoms with E-state index in [1.54, 1.807) is 0 Å². The van der Waals surface area contributed by atoms with Gasteiger partial charge in [-0.25, -0.2) is 9.07 Å². The van der Waals surface area contributed by atoms with E-state index in [1.165, 1.54) is 29.3 Å². The topological polar surface area (TPSA) is 50.2 Å². The Morgan fingerprint density at radius 1 is 1.06 bits per heavy atom. The average Bonchev–Trinajstić information content (AvgIpc) is 3.23. The summed E-state index contributed by atoms with van der Waals surface area (Å²) >= 11 is 0. The van der Waals surface area contributed by atoms with Crippen molar-refractivity contribution in [1.82, 2.24) is 20.0 Å². The molecule has 0 saturated carbocycles. The zero-order valence-corrected chi connectivity index (χ0v) is 18.3. The fourth-order valence-electron chi connectivity index (χ4n) is 4.11. The first-order valence-corrected chi connectivity index (χ1v) is 10.6. The van der Waals surface area contributed by atoms with Crippen LogP contribution in [0.4, 0.5) is 17.6 Å². The number of amides is 1. The molecule has 174 valence electrons. The van der Waals surface area contributed by atoms with Gasteiger partial charge in [0.05, 0.1) is 11.8 Å². The number of fused-ring (bicyclic) bond motifs is 1. The second-order valence-corrected chi connectivity index (χ2v) is 8.70. The molecule has 1 N–H and O–H groups in total. The van der Waals surface area contributed by atoms with Crippen molar-refractivity contribution in [2.45, 2.75) is 38.5 Å². The van der Waals surface area contributed by atoms with Gasteiger partial charge in [0, 0.05) is 25.2 Å². The lowest BCUT2D eigenvalue weighted by Gasteiger charge is -2.41. The molecule has 1 aliphatic heterocycles. The third-order valence-corrected chi connectivity index (χ3v) is 6.03. The van der Waals surface area contributed by atoms with E-state index in [-0.39, 0.29) is 12.2 Å². The predicted octanol–water partition coefficient (Wildman–Crippen LogP) is 4.60. The highest BCUT2D eigenvalue weighted by Gasteiger charge is 2.41. The molecule has 0 radical (unpaired) electrons. The van der Waals surface area contributed by atoms with Gasteiger partial charge in [0.15, 0.2) is 5.69 Å². The number of carbonyl (C=O) groups is 1. The molecule has 0 spiro atoms. The number of rotatable bonds is 5. The second-order valence-electron chi connectivity index (χ2n) is 8.70. The maximum absolute atomic E-state index is 14.1. The SMILES string of the molecule is CC(C)(CNC(=O)c1cnn(-c2ccccc2F)c1C(F)(F)F)N1CCc2ccccc2C1. The fourth-order valence-corrected chi connectivity index (χ4v) is 4.11. The molecule has 0 fully saturated rings. The first-order valence-electron chi connectivity index (χ1n) is 10.6. The summed E-state index contributed by atoms with van der Waals surface area (Å²) in [5, 5.41) is 6.30. The quantitative estimate of drug-likeness (QED) is 0.567. The molecular weight excluding hydrogens is 436 g/mol.